The van der Waals surface area contributed by atoms with E-state index in [4.69, 9.17) is 4.74 Å². The molecule has 0 saturated carbocycles. The maximum absolute atomic E-state index is 12.1. The van der Waals surface area contributed by atoms with E-state index in [1.54, 1.807) is 0 Å². The van der Waals surface area contributed by atoms with Gasteiger partial charge in [-0.3, -0.25) is 0 Å². The number of carbonyl (C=O) groups is 1. The van der Waals surface area contributed by atoms with Gasteiger partial charge in [0.15, 0.2) is 0 Å². The Bertz CT molecular complexity index is 647. The van der Waals surface area contributed by atoms with Gasteiger partial charge < -0.3 is 19.9 Å². The lowest BCUT2D eigenvalue weighted by molar-refractivity contribution is 0.182. The molecular weight excluding hydrogens is 381 g/mol. The minimum atomic E-state index is -0.367. The zero-order valence-electron chi connectivity index (χ0n) is 11.9. The molecule has 1 aromatic carbocycles. The summed E-state index contributed by atoms with van der Waals surface area (Å²) in [6.45, 7) is 2.02. The number of ether oxygens (including phenoxy) is 1. The van der Waals surface area contributed by atoms with Crippen molar-refractivity contribution in [3.05, 3.63) is 28.0 Å². The van der Waals surface area contributed by atoms with Crippen molar-refractivity contribution in [1.29, 1.82) is 0 Å². The molecule has 112 valence electrons. The fourth-order valence-corrected chi connectivity index (χ4v) is 3.23. The molecule has 0 bridgehead atoms. The van der Waals surface area contributed by atoms with Crippen LogP contribution in [0.1, 0.15) is 12.8 Å². The summed E-state index contributed by atoms with van der Waals surface area (Å²) >= 11 is 2.21. The van der Waals surface area contributed by atoms with Crippen LogP contribution in [0, 0.1) is 3.70 Å². The number of hydrogen-bond donors (Lipinski definition) is 2. The second-order valence-corrected chi connectivity index (χ2v) is 6.61. The molecule has 2 N–H and O–H groups in total. The molecule has 2 aromatic rings. The first kappa shape index (κ1) is 14.6. The zero-order chi connectivity index (χ0) is 14.8. The third-order valence-electron chi connectivity index (χ3n) is 3.83. The van der Waals surface area contributed by atoms with Gasteiger partial charge in [-0.05, 0) is 73.8 Å². The van der Waals surface area contributed by atoms with Crippen LogP contribution < -0.4 is 10.1 Å². The Hall–Kier alpha value is -1.28. The summed E-state index contributed by atoms with van der Waals surface area (Å²) in [5.74, 6) is 0.595. The summed E-state index contributed by atoms with van der Waals surface area (Å²) < 4.78 is 6.51. The molecule has 1 aliphatic heterocycles. The van der Waals surface area contributed by atoms with Gasteiger partial charge >= 0.3 is 6.09 Å². The number of nitrogens with one attached hydrogen (secondary N) is 2. The maximum atomic E-state index is 12.1. The lowest BCUT2D eigenvalue weighted by Crippen LogP contribution is -2.44. The number of piperidine rings is 1. The molecule has 0 radical (unpaired) electrons. The minimum absolute atomic E-state index is 0.208. The topological polar surface area (TPSA) is 57.4 Å². The number of carbonyl (C=O) groups excluding carboxylic acids is 1. The van der Waals surface area contributed by atoms with E-state index in [-0.39, 0.29) is 12.1 Å². The molecule has 6 heteroatoms. The highest BCUT2D eigenvalue weighted by molar-refractivity contribution is 14.1. The van der Waals surface area contributed by atoms with Crippen molar-refractivity contribution in [2.75, 3.05) is 20.1 Å². The molecule has 0 aliphatic carbocycles. The van der Waals surface area contributed by atoms with E-state index in [0.29, 0.717) is 5.75 Å². The average Bonchev–Trinajstić information content (AvgIpc) is 2.83. The molecule has 1 amide bonds. The van der Waals surface area contributed by atoms with Crippen molar-refractivity contribution in [3.63, 3.8) is 0 Å². The molecular formula is C15H18IN3O2. The molecule has 1 aliphatic rings. The van der Waals surface area contributed by atoms with E-state index in [1.807, 2.05) is 24.3 Å². The number of rotatable bonds is 2. The number of benzene rings is 1. The monoisotopic (exact) mass is 399 g/mol. The van der Waals surface area contributed by atoms with Crippen LogP contribution in [0.4, 0.5) is 4.79 Å². The normalized spacial score (nSPS) is 17.0. The summed E-state index contributed by atoms with van der Waals surface area (Å²) in [5, 5.41) is 3.89. The number of likely N-dealkylation sites (tertiary alicyclic amines) is 1. The van der Waals surface area contributed by atoms with Crippen molar-refractivity contribution >= 4 is 39.6 Å². The first-order valence-corrected chi connectivity index (χ1v) is 8.14. The summed E-state index contributed by atoms with van der Waals surface area (Å²) in [6, 6.07) is 7.86. The van der Waals surface area contributed by atoms with Crippen molar-refractivity contribution in [1.82, 2.24) is 15.2 Å². The molecule has 21 heavy (non-hydrogen) atoms. The quantitative estimate of drug-likeness (QED) is 0.764. The number of hydrogen-bond acceptors (Lipinski definition) is 3. The van der Waals surface area contributed by atoms with Gasteiger partial charge in [-0.2, -0.15) is 0 Å². The SMILES string of the molecule is CN1CCC(NC(=O)Oc2cccc3[nH]c(I)cc23)CC1. The summed E-state index contributed by atoms with van der Waals surface area (Å²) in [7, 11) is 2.10. The largest absolute Gasteiger partial charge is 0.412 e. The van der Waals surface area contributed by atoms with Gasteiger partial charge in [0.25, 0.3) is 0 Å². The molecule has 1 aromatic heterocycles. The number of aromatic nitrogens is 1. The van der Waals surface area contributed by atoms with Crippen LogP contribution in [-0.4, -0.2) is 42.2 Å². The first-order valence-electron chi connectivity index (χ1n) is 7.06. The number of aromatic amines is 1. The number of fused-ring (bicyclic) bond motifs is 1. The van der Waals surface area contributed by atoms with Crippen molar-refractivity contribution in [3.8, 4) is 5.75 Å². The highest BCUT2D eigenvalue weighted by Gasteiger charge is 2.19. The van der Waals surface area contributed by atoms with Crippen LogP contribution in [0.3, 0.4) is 0 Å². The molecule has 3 rings (SSSR count). The Kier molecular flexibility index (Phi) is 4.34. The van der Waals surface area contributed by atoms with Crippen LogP contribution in [0.15, 0.2) is 24.3 Å². The summed E-state index contributed by atoms with van der Waals surface area (Å²) in [6.07, 6.45) is 1.57. The molecule has 0 unspecified atom stereocenters. The van der Waals surface area contributed by atoms with Gasteiger partial charge in [0.2, 0.25) is 0 Å². The van der Waals surface area contributed by atoms with Gasteiger partial charge in [-0.25, -0.2) is 4.79 Å². The van der Waals surface area contributed by atoms with E-state index in [2.05, 4.69) is 44.8 Å². The molecule has 0 atom stereocenters. The Morgan fingerprint density at radius 3 is 2.95 bits per heavy atom. The van der Waals surface area contributed by atoms with Gasteiger partial charge in [-0.1, -0.05) is 6.07 Å². The van der Waals surface area contributed by atoms with E-state index in [9.17, 15) is 4.79 Å². The van der Waals surface area contributed by atoms with E-state index in [0.717, 1.165) is 40.5 Å². The molecule has 5 nitrogen and oxygen atoms in total. The number of H-pyrrole nitrogens is 1. The fraction of sp³-hybridized carbons (Fsp3) is 0.400. The Labute approximate surface area is 137 Å². The standard InChI is InChI=1S/C15H18IN3O2/c1-19-7-5-10(6-8-19)17-15(20)21-13-4-2-3-12-11(13)9-14(16)18-12/h2-4,9-10,18H,5-8H2,1H3,(H,17,20). The smallest absolute Gasteiger partial charge is 0.410 e. The minimum Gasteiger partial charge on any atom is -0.410 e. The number of amides is 1. The van der Waals surface area contributed by atoms with Crippen LogP contribution in [-0.2, 0) is 0 Å². The lowest BCUT2D eigenvalue weighted by Gasteiger charge is -2.29. The van der Waals surface area contributed by atoms with E-state index >= 15 is 0 Å². The molecule has 2 heterocycles. The number of nitrogens with zero attached hydrogens (tertiary/aromatic N) is 1. The van der Waals surface area contributed by atoms with Gasteiger partial charge in [-0.15, -0.1) is 0 Å². The second-order valence-electron chi connectivity index (χ2n) is 5.45. The highest BCUT2D eigenvalue weighted by Crippen LogP contribution is 2.27. The highest BCUT2D eigenvalue weighted by atomic mass is 127. The van der Waals surface area contributed by atoms with Crippen LogP contribution in [0.5, 0.6) is 5.75 Å². The predicted molar refractivity (Wildman–Crippen MR) is 90.7 cm³/mol. The number of halogens is 1. The van der Waals surface area contributed by atoms with Crippen molar-refractivity contribution in [2.45, 2.75) is 18.9 Å². The third-order valence-corrected chi connectivity index (χ3v) is 4.42. The molecule has 0 spiro atoms. The molecule has 1 fully saturated rings. The van der Waals surface area contributed by atoms with Crippen LogP contribution in [0.25, 0.3) is 10.9 Å². The predicted octanol–water partition coefficient (Wildman–Crippen LogP) is 2.96. The lowest BCUT2D eigenvalue weighted by atomic mass is 10.1. The third kappa shape index (κ3) is 3.49. The fourth-order valence-electron chi connectivity index (χ4n) is 2.63. The van der Waals surface area contributed by atoms with E-state index in [1.165, 1.54) is 0 Å². The van der Waals surface area contributed by atoms with Gasteiger partial charge in [0.1, 0.15) is 5.75 Å². The van der Waals surface area contributed by atoms with Crippen molar-refractivity contribution < 1.29 is 9.53 Å². The van der Waals surface area contributed by atoms with E-state index < -0.39 is 0 Å². The second kappa shape index (κ2) is 6.23. The summed E-state index contributed by atoms with van der Waals surface area (Å²) in [5.41, 5.74) is 0.976. The first-order chi connectivity index (χ1) is 10.1. The molecule has 1 saturated heterocycles. The Morgan fingerprint density at radius 1 is 1.43 bits per heavy atom. The Morgan fingerprint density at radius 2 is 2.19 bits per heavy atom. The van der Waals surface area contributed by atoms with Crippen LogP contribution in [0.2, 0.25) is 0 Å². The van der Waals surface area contributed by atoms with Gasteiger partial charge in [0.05, 0.1) is 3.70 Å². The van der Waals surface area contributed by atoms with Gasteiger partial charge in [0, 0.05) is 16.9 Å². The van der Waals surface area contributed by atoms with Crippen molar-refractivity contribution in [2.24, 2.45) is 0 Å². The Balaban J connectivity index is 1.66. The van der Waals surface area contributed by atoms with Crippen LogP contribution >= 0.6 is 22.6 Å². The summed E-state index contributed by atoms with van der Waals surface area (Å²) in [4.78, 5) is 17.6. The average molecular weight is 399 g/mol. The zero-order valence-corrected chi connectivity index (χ0v) is 14.0. The maximum Gasteiger partial charge on any atom is 0.412 e.